The lowest BCUT2D eigenvalue weighted by Gasteiger charge is -2.26. The molecule has 2 amide bonds. The molecule has 2 rings (SSSR count). The van der Waals surface area contributed by atoms with E-state index in [9.17, 15) is 9.59 Å². The second-order valence-electron chi connectivity index (χ2n) is 5.67. The molecule has 1 N–H and O–H groups in total. The molecule has 0 spiro atoms. The van der Waals surface area contributed by atoms with Gasteiger partial charge in [-0.25, -0.2) is 0 Å². The summed E-state index contributed by atoms with van der Waals surface area (Å²) < 4.78 is 5.65. The van der Waals surface area contributed by atoms with Crippen LogP contribution in [-0.4, -0.2) is 35.8 Å². The van der Waals surface area contributed by atoms with Gasteiger partial charge in [0.25, 0.3) is 5.91 Å². The highest BCUT2D eigenvalue weighted by Crippen LogP contribution is 2.23. The minimum absolute atomic E-state index is 0.000986. The lowest BCUT2D eigenvalue weighted by molar-refractivity contribution is -0.120. The van der Waals surface area contributed by atoms with E-state index < -0.39 is 0 Å². The Morgan fingerprint density at radius 2 is 2.20 bits per heavy atom. The van der Waals surface area contributed by atoms with Crippen LogP contribution in [0, 0.1) is 6.92 Å². The smallest absolute Gasteiger partial charge is 0.257 e. The van der Waals surface area contributed by atoms with Crippen LogP contribution in [0.5, 0.6) is 0 Å². The van der Waals surface area contributed by atoms with Crippen molar-refractivity contribution in [2.24, 2.45) is 0 Å². The summed E-state index contributed by atoms with van der Waals surface area (Å²) in [6.45, 7) is 8.77. The molecule has 1 aliphatic rings. The van der Waals surface area contributed by atoms with Crippen LogP contribution in [0.4, 0.5) is 0 Å². The first-order valence-corrected chi connectivity index (χ1v) is 7.08. The van der Waals surface area contributed by atoms with Crippen LogP contribution in [0.25, 0.3) is 0 Å². The highest BCUT2D eigenvalue weighted by molar-refractivity contribution is 5.96. The zero-order valence-electron chi connectivity index (χ0n) is 12.5. The molecule has 0 aromatic carbocycles. The van der Waals surface area contributed by atoms with Crippen molar-refractivity contribution in [2.45, 2.75) is 46.1 Å². The monoisotopic (exact) mass is 278 g/mol. The number of nitrogens with one attached hydrogen (secondary N) is 1. The second-order valence-corrected chi connectivity index (χ2v) is 5.67. The van der Waals surface area contributed by atoms with E-state index in [1.807, 2.05) is 33.8 Å². The van der Waals surface area contributed by atoms with Crippen molar-refractivity contribution in [3.8, 4) is 0 Å². The number of carbonyl (C=O) groups excluding carboxylic acids is 2. The van der Waals surface area contributed by atoms with E-state index in [0.717, 1.165) is 5.76 Å². The molecule has 0 saturated carbocycles. The summed E-state index contributed by atoms with van der Waals surface area (Å²) in [4.78, 5) is 25.8. The number of amides is 2. The normalized spacial score (nSPS) is 19.9. The van der Waals surface area contributed by atoms with E-state index in [4.69, 9.17) is 4.42 Å². The topological polar surface area (TPSA) is 62.6 Å². The SMILES string of the molecule is Cc1oc(C(C)C)cc1C(=O)N1CCC(=O)NC[C@H]1C. The van der Waals surface area contributed by atoms with E-state index in [2.05, 4.69) is 5.32 Å². The summed E-state index contributed by atoms with van der Waals surface area (Å²) in [5, 5.41) is 2.81. The maximum Gasteiger partial charge on any atom is 0.257 e. The minimum atomic E-state index is -0.0536. The zero-order valence-corrected chi connectivity index (χ0v) is 12.5. The number of rotatable bonds is 2. The van der Waals surface area contributed by atoms with Crippen LogP contribution >= 0.6 is 0 Å². The van der Waals surface area contributed by atoms with Gasteiger partial charge in [0.05, 0.1) is 5.56 Å². The van der Waals surface area contributed by atoms with Crippen molar-refractivity contribution in [1.82, 2.24) is 10.2 Å². The summed E-state index contributed by atoms with van der Waals surface area (Å²) in [6, 6.07) is 1.82. The van der Waals surface area contributed by atoms with Crippen molar-refractivity contribution >= 4 is 11.8 Å². The Morgan fingerprint density at radius 3 is 2.80 bits per heavy atom. The van der Waals surface area contributed by atoms with Crippen LogP contribution in [-0.2, 0) is 4.79 Å². The van der Waals surface area contributed by atoms with Gasteiger partial charge in [-0.1, -0.05) is 13.8 Å². The molecule has 1 atom stereocenters. The minimum Gasteiger partial charge on any atom is -0.465 e. The van der Waals surface area contributed by atoms with Crippen LogP contribution in [0.1, 0.15) is 55.0 Å². The van der Waals surface area contributed by atoms with E-state index in [-0.39, 0.29) is 23.8 Å². The van der Waals surface area contributed by atoms with E-state index in [1.54, 1.807) is 4.90 Å². The molecular weight excluding hydrogens is 256 g/mol. The van der Waals surface area contributed by atoms with Gasteiger partial charge in [0.15, 0.2) is 0 Å². The molecule has 1 aliphatic heterocycles. The Balaban J connectivity index is 2.23. The van der Waals surface area contributed by atoms with Crippen LogP contribution in [0.15, 0.2) is 10.5 Å². The van der Waals surface area contributed by atoms with Gasteiger partial charge in [0.2, 0.25) is 5.91 Å². The number of aryl methyl sites for hydroxylation is 1. The summed E-state index contributed by atoms with van der Waals surface area (Å²) in [7, 11) is 0. The third-order valence-corrected chi connectivity index (χ3v) is 3.70. The van der Waals surface area contributed by atoms with Crippen LogP contribution < -0.4 is 5.32 Å². The van der Waals surface area contributed by atoms with E-state index in [0.29, 0.717) is 30.8 Å². The molecule has 1 fully saturated rings. The third kappa shape index (κ3) is 2.86. The summed E-state index contributed by atoms with van der Waals surface area (Å²) >= 11 is 0. The second kappa shape index (κ2) is 5.69. The molecule has 1 saturated heterocycles. The first-order valence-electron chi connectivity index (χ1n) is 7.08. The predicted octanol–water partition coefficient (Wildman–Crippen LogP) is 2.06. The highest BCUT2D eigenvalue weighted by atomic mass is 16.3. The molecule has 0 radical (unpaired) electrons. The van der Waals surface area contributed by atoms with Gasteiger partial charge in [0.1, 0.15) is 11.5 Å². The lowest BCUT2D eigenvalue weighted by Crippen LogP contribution is -2.41. The van der Waals surface area contributed by atoms with E-state index >= 15 is 0 Å². The molecule has 1 aromatic rings. The number of furan rings is 1. The fourth-order valence-corrected chi connectivity index (χ4v) is 2.36. The van der Waals surface area contributed by atoms with Gasteiger partial charge in [-0.15, -0.1) is 0 Å². The van der Waals surface area contributed by atoms with E-state index in [1.165, 1.54) is 0 Å². The number of nitrogens with zero attached hydrogens (tertiary/aromatic N) is 1. The number of hydrogen-bond acceptors (Lipinski definition) is 3. The van der Waals surface area contributed by atoms with Crippen LogP contribution in [0.2, 0.25) is 0 Å². The molecule has 0 bridgehead atoms. The van der Waals surface area contributed by atoms with Gasteiger partial charge in [-0.3, -0.25) is 9.59 Å². The number of carbonyl (C=O) groups is 2. The Hall–Kier alpha value is -1.78. The fourth-order valence-electron chi connectivity index (χ4n) is 2.36. The Kier molecular flexibility index (Phi) is 4.16. The zero-order chi connectivity index (χ0) is 14.9. The largest absolute Gasteiger partial charge is 0.465 e. The maximum absolute atomic E-state index is 12.7. The molecule has 110 valence electrons. The van der Waals surface area contributed by atoms with Gasteiger partial charge >= 0.3 is 0 Å². The maximum atomic E-state index is 12.7. The molecule has 1 aromatic heterocycles. The van der Waals surface area contributed by atoms with Crippen LogP contribution in [0.3, 0.4) is 0 Å². The summed E-state index contributed by atoms with van der Waals surface area (Å²) in [5.41, 5.74) is 0.606. The van der Waals surface area contributed by atoms with Gasteiger partial charge < -0.3 is 14.6 Å². The average Bonchev–Trinajstić information content (AvgIpc) is 2.70. The van der Waals surface area contributed by atoms with Crippen molar-refractivity contribution in [3.05, 3.63) is 23.2 Å². The summed E-state index contributed by atoms with van der Waals surface area (Å²) in [5.74, 6) is 1.66. The highest BCUT2D eigenvalue weighted by Gasteiger charge is 2.28. The lowest BCUT2D eigenvalue weighted by atomic mass is 10.1. The van der Waals surface area contributed by atoms with Crippen molar-refractivity contribution in [3.63, 3.8) is 0 Å². The number of hydrogen-bond donors (Lipinski definition) is 1. The summed E-state index contributed by atoms with van der Waals surface area (Å²) in [6.07, 6.45) is 0.351. The molecule has 2 heterocycles. The molecule has 20 heavy (non-hydrogen) atoms. The molecule has 5 heteroatoms. The van der Waals surface area contributed by atoms with Crippen molar-refractivity contribution in [1.29, 1.82) is 0 Å². The molecule has 0 aliphatic carbocycles. The standard InChI is InChI=1S/C15H22N2O3/c1-9(2)13-7-12(11(4)20-13)15(19)17-6-5-14(18)16-8-10(17)3/h7,9-10H,5-6,8H2,1-4H3,(H,16,18)/t10-/m1/s1. The van der Waals surface area contributed by atoms with Gasteiger partial charge in [-0.05, 0) is 19.9 Å². The Labute approximate surface area is 119 Å². The van der Waals surface area contributed by atoms with Crippen molar-refractivity contribution in [2.75, 3.05) is 13.1 Å². The Bertz CT molecular complexity index is 519. The van der Waals surface area contributed by atoms with Gasteiger partial charge in [0, 0.05) is 31.5 Å². The van der Waals surface area contributed by atoms with Gasteiger partial charge in [-0.2, -0.15) is 0 Å². The first-order chi connectivity index (χ1) is 9.40. The molecular formula is C15H22N2O3. The Morgan fingerprint density at radius 1 is 1.50 bits per heavy atom. The van der Waals surface area contributed by atoms with Crippen molar-refractivity contribution < 1.29 is 14.0 Å². The first kappa shape index (κ1) is 14.6. The molecule has 5 nitrogen and oxygen atoms in total. The molecule has 0 unspecified atom stereocenters. The average molecular weight is 278 g/mol. The quantitative estimate of drug-likeness (QED) is 0.900. The predicted molar refractivity (Wildman–Crippen MR) is 75.7 cm³/mol. The third-order valence-electron chi connectivity index (χ3n) is 3.70. The fraction of sp³-hybridized carbons (Fsp3) is 0.600.